The molecule has 2 aromatic rings. The number of carbonyl (C=O) groups is 2. The number of piperidine rings is 1. The van der Waals surface area contributed by atoms with Crippen molar-refractivity contribution in [2.24, 2.45) is 5.92 Å². The van der Waals surface area contributed by atoms with E-state index in [9.17, 15) is 22.8 Å². The lowest BCUT2D eigenvalue weighted by Gasteiger charge is -2.32. The van der Waals surface area contributed by atoms with Crippen LogP contribution < -0.4 is 14.8 Å². The molecule has 1 fully saturated rings. The number of rotatable bonds is 5. The van der Waals surface area contributed by atoms with E-state index in [4.69, 9.17) is 9.47 Å². The number of anilines is 1. The number of hydrogen-bond donors (Lipinski definition) is 1. The van der Waals surface area contributed by atoms with Crippen LogP contribution in [-0.4, -0.2) is 44.0 Å². The summed E-state index contributed by atoms with van der Waals surface area (Å²) in [4.78, 5) is 26.9. The number of benzene rings is 2. The summed E-state index contributed by atoms with van der Waals surface area (Å²) < 4.78 is 49.3. The number of ether oxygens (including phenoxy) is 2. The van der Waals surface area contributed by atoms with Gasteiger partial charge in [-0.3, -0.25) is 9.59 Å². The molecular weight excluding hydrogens is 413 g/mol. The van der Waals surface area contributed by atoms with Gasteiger partial charge in [0.05, 0.1) is 25.7 Å². The number of nitrogens with one attached hydrogen (secondary N) is 1. The van der Waals surface area contributed by atoms with Crippen molar-refractivity contribution in [1.29, 1.82) is 0 Å². The summed E-state index contributed by atoms with van der Waals surface area (Å²) >= 11 is 0. The number of alkyl halides is 3. The van der Waals surface area contributed by atoms with E-state index in [1.165, 1.54) is 31.3 Å². The Balaban J connectivity index is 1.69. The van der Waals surface area contributed by atoms with Gasteiger partial charge in [-0.1, -0.05) is 6.07 Å². The van der Waals surface area contributed by atoms with E-state index >= 15 is 0 Å². The molecule has 0 saturated carbocycles. The Morgan fingerprint density at radius 2 is 1.81 bits per heavy atom. The van der Waals surface area contributed by atoms with Crippen LogP contribution in [0.1, 0.15) is 28.8 Å². The fraction of sp³-hybridized carbons (Fsp3) is 0.364. The minimum atomic E-state index is -4.53. The fourth-order valence-corrected chi connectivity index (χ4v) is 3.55. The molecule has 1 atom stereocenters. The highest BCUT2D eigenvalue weighted by atomic mass is 19.4. The van der Waals surface area contributed by atoms with Gasteiger partial charge in [-0.25, -0.2) is 0 Å². The summed E-state index contributed by atoms with van der Waals surface area (Å²) in [6, 6.07) is 9.30. The van der Waals surface area contributed by atoms with Gasteiger partial charge in [0.15, 0.2) is 11.5 Å². The van der Waals surface area contributed by atoms with Crippen molar-refractivity contribution >= 4 is 17.5 Å². The summed E-state index contributed by atoms with van der Waals surface area (Å²) in [7, 11) is 3.00. The molecule has 1 heterocycles. The van der Waals surface area contributed by atoms with Gasteiger partial charge in [-0.05, 0) is 43.2 Å². The van der Waals surface area contributed by atoms with Crippen LogP contribution in [0.25, 0.3) is 0 Å². The van der Waals surface area contributed by atoms with Gasteiger partial charge in [0.25, 0.3) is 5.91 Å². The third kappa shape index (κ3) is 5.28. The highest BCUT2D eigenvalue weighted by molar-refractivity contribution is 5.96. The van der Waals surface area contributed by atoms with Crippen molar-refractivity contribution < 1.29 is 32.2 Å². The van der Waals surface area contributed by atoms with Crippen molar-refractivity contribution in [2.45, 2.75) is 19.0 Å². The molecular formula is C22H23F3N2O4. The Bertz CT molecular complexity index is 962. The lowest BCUT2D eigenvalue weighted by molar-refractivity contribution is -0.137. The highest BCUT2D eigenvalue weighted by Gasteiger charge is 2.33. The molecule has 0 spiro atoms. The maximum atomic E-state index is 13.0. The molecule has 0 aliphatic carbocycles. The van der Waals surface area contributed by atoms with Crippen LogP contribution >= 0.6 is 0 Å². The molecule has 0 radical (unpaired) electrons. The second kappa shape index (κ2) is 9.28. The number of amides is 2. The van der Waals surface area contributed by atoms with E-state index in [1.54, 1.807) is 18.2 Å². The van der Waals surface area contributed by atoms with Crippen molar-refractivity contribution in [3.8, 4) is 11.5 Å². The van der Waals surface area contributed by atoms with Gasteiger partial charge in [0, 0.05) is 30.4 Å². The van der Waals surface area contributed by atoms with Crippen LogP contribution in [-0.2, 0) is 11.0 Å². The quantitative estimate of drug-likeness (QED) is 0.763. The smallest absolute Gasteiger partial charge is 0.416 e. The Labute approximate surface area is 177 Å². The van der Waals surface area contributed by atoms with Gasteiger partial charge in [-0.2, -0.15) is 13.2 Å². The van der Waals surface area contributed by atoms with Gasteiger partial charge in [0.2, 0.25) is 5.91 Å². The normalized spacial score (nSPS) is 16.5. The number of carbonyl (C=O) groups excluding carboxylic acids is 2. The summed E-state index contributed by atoms with van der Waals surface area (Å²) in [6.07, 6.45) is -3.37. The molecule has 2 amide bonds. The maximum absolute atomic E-state index is 13.0. The molecule has 1 saturated heterocycles. The molecule has 6 nitrogen and oxygen atoms in total. The third-order valence-electron chi connectivity index (χ3n) is 5.17. The number of halogens is 3. The zero-order valence-corrected chi connectivity index (χ0v) is 17.2. The molecule has 1 N–H and O–H groups in total. The number of nitrogens with zero attached hydrogens (tertiary/aromatic N) is 1. The van der Waals surface area contributed by atoms with Crippen molar-refractivity contribution in [3.05, 3.63) is 53.6 Å². The van der Waals surface area contributed by atoms with Crippen LogP contribution in [0.3, 0.4) is 0 Å². The van der Waals surface area contributed by atoms with Crippen molar-refractivity contribution in [1.82, 2.24) is 4.90 Å². The average molecular weight is 436 g/mol. The van der Waals surface area contributed by atoms with Crippen LogP contribution in [0.15, 0.2) is 42.5 Å². The number of methoxy groups -OCH3 is 2. The lowest BCUT2D eigenvalue weighted by Crippen LogP contribution is -2.43. The van der Waals surface area contributed by atoms with E-state index in [1.807, 2.05) is 0 Å². The Morgan fingerprint density at radius 3 is 2.48 bits per heavy atom. The van der Waals surface area contributed by atoms with Crippen LogP contribution in [0.4, 0.5) is 18.9 Å². The van der Waals surface area contributed by atoms with Crippen LogP contribution in [0.5, 0.6) is 11.5 Å². The molecule has 31 heavy (non-hydrogen) atoms. The number of hydrogen-bond acceptors (Lipinski definition) is 4. The largest absolute Gasteiger partial charge is 0.493 e. The van der Waals surface area contributed by atoms with Crippen molar-refractivity contribution in [2.75, 3.05) is 32.6 Å². The topological polar surface area (TPSA) is 67.9 Å². The predicted molar refractivity (Wildman–Crippen MR) is 108 cm³/mol. The molecule has 1 aliphatic rings. The zero-order chi connectivity index (χ0) is 22.6. The first-order valence-electron chi connectivity index (χ1n) is 9.72. The molecule has 2 aromatic carbocycles. The monoisotopic (exact) mass is 436 g/mol. The first-order chi connectivity index (χ1) is 14.7. The predicted octanol–water partition coefficient (Wildman–Crippen LogP) is 4.21. The Hall–Kier alpha value is -3.23. The minimum Gasteiger partial charge on any atom is -0.493 e. The van der Waals surface area contributed by atoms with Gasteiger partial charge < -0.3 is 19.7 Å². The second-order valence-electron chi connectivity index (χ2n) is 7.23. The standard InChI is InChI=1S/C22H23F3N2O4/c1-30-18-9-8-17(12-19(18)31-2)26-20(28)15-6-4-10-27(13-15)21(29)14-5-3-7-16(11-14)22(23,24)25/h3,5,7-9,11-12,15H,4,6,10,13H2,1-2H3,(H,26,28)/t15-/m0/s1. The van der Waals surface area contributed by atoms with Crippen LogP contribution in [0, 0.1) is 5.92 Å². The first-order valence-corrected chi connectivity index (χ1v) is 9.72. The maximum Gasteiger partial charge on any atom is 0.416 e. The van der Waals surface area contributed by atoms with Crippen molar-refractivity contribution in [3.63, 3.8) is 0 Å². The van der Waals surface area contributed by atoms with E-state index in [-0.39, 0.29) is 18.0 Å². The second-order valence-corrected chi connectivity index (χ2v) is 7.23. The molecule has 9 heteroatoms. The van der Waals surface area contributed by atoms with Gasteiger partial charge in [-0.15, -0.1) is 0 Å². The minimum absolute atomic E-state index is 0.0456. The van der Waals surface area contributed by atoms with Gasteiger partial charge in [0.1, 0.15) is 0 Å². The molecule has 3 rings (SSSR count). The number of likely N-dealkylation sites (tertiary alicyclic amines) is 1. The Kier molecular flexibility index (Phi) is 6.72. The summed E-state index contributed by atoms with van der Waals surface area (Å²) in [5, 5.41) is 2.80. The summed E-state index contributed by atoms with van der Waals surface area (Å²) in [5.41, 5.74) is -0.405. The van der Waals surface area contributed by atoms with E-state index in [0.717, 1.165) is 12.1 Å². The fourth-order valence-electron chi connectivity index (χ4n) is 3.55. The summed E-state index contributed by atoms with van der Waals surface area (Å²) in [5.74, 6) is -0.276. The first kappa shape index (κ1) is 22.5. The average Bonchev–Trinajstić information content (AvgIpc) is 2.78. The molecule has 0 bridgehead atoms. The van der Waals surface area contributed by atoms with Gasteiger partial charge >= 0.3 is 6.18 Å². The lowest BCUT2D eigenvalue weighted by atomic mass is 9.96. The van der Waals surface area contributed by atoms with E-state index < -0.39 is 23.6 Å². The molecule has 0 aromatic heterocycles. The molecule has 1 aliphatic heterocycles. The summed E-state index contributed by atoms with van der Waals surface area (Å²) in [6.45, 7) is 0.517. The SMILES string of the molecule is COc1ccc(NC(=O)[C@H]2CCCN(C(=O)c3cccc(C(F)(F)F)c3)C2)cc1OC. The van der Waals surface area contributed by atoms with Crippen LogP contribution in [0.2, 0.25) is 0 Å². The van der Waals surface area contributed by atoms with E-state index in [0.29, 0.717) is 36.6 Å². The zero-order valence-electron chi connectivity index (χ0n) is 17.2. The van der Waals surface area contributed by atoms with E-state index in [2.05, 4.69) is 5.32 Å². The third-order valence-corrected chi connectivity index (χ3v) is 5.17. The molecule has 0 unspecified atom stereocenters. The Morgan fingerprint density at radius 1 is 1.06 bits per heavy atom. The highest BCUT2D eigenvalue weighted by Crippen LogP contribution is 2.31. The molecule has 166 valence electrons.